The van der Waals surface area contributed by atoms with Gasteiger partial charge in [-0.2, -0.15) is 0 Å². The Hall–Kier alpha value is -1.19. The number of aryl methyl sites for hydroxylation is 2. The molecular weight excluding hydrogens is 240 g/mol. The number of hydrogen-bond acceptors (Lipinski definition) is 3. The molecule has 2 rings (SSSR count). The first kappa shape index (κ1) is 13.2. The molecule has 2 nitrogen and oxygen atoms in total. The van der Waals surface area contributed by atoms with Gasteiger partial charge >= 0.3 is 0 Å². The number of benzene rings is 1. The number of nitrogens with two attached hydrogens (primary N) is 1. The molecule has 1 unspecified atom stereocenters. The molecule has 2 N–H and O–H groups in total. The molecule has 96 valence electrons. The normalized spacial score (nSPS) is 12.7. The van der Waals surface area contributed by atoms with Crippen LogP contribution < -0.4 is 5.73 Å². The van der Waals surface area contributed by atoms with Crippen molar-refractivity contribution in [2.75, 3.05) is 0 Å². The van der Waals surface area contributed by atoms with Crippen molar-refractivity contribution >= 4 is 11.3 Å². The minimum absolute atomic E-state index is 0.0829. The van der Waals surface area contributed by atoms with E-state index in [9.17, 15) is 0 Å². The first-order chi connectivity index (χ1) is 8.61. The minimum atomic E-state index is 0.0829. The zero-order valence-corrected chi connectivity index (χ0v) is 12.1. The maximum absolute atomic E-state index is 6.11. The predicted molar refractivity (Wildman–Crippen MR) is 78.9 cm³/mol. The summed E-state index contributed by atoms with van der Waals surface area (Å²) in [7, 11) is 0. The molecule has 3 heteroatoms. The van der Waals surface area contributed by atoms with Gasteiger partial charge in [-0.15, -0.1) is 11.3 Å². The molecule has 0 saturated carbocycles. The molecule has 1 atom stereocenters. The zero-order valence-electron chi connectivity index (χ0n) is 11.2. The third kappa shape index (κ3) is 2.79. The van der Waals surface area contributed by atoms with E-state index < -0.39 is 0 Å². The number of rotatable bonds is 4. The van der Waals surface area contributed by atoms with Crippen molar-refractivity contribution in [3.63, 3.8) is 0 Å². The van der Waals surface area contributed by atoms with Crippen molar-refractivity contribution in [3.8, 4) is 11.3 Å². The number of thiazole rings is 1. The van der Waals surface area contributed by atoms with Gasteiger partial charge in [0.15, 0.2) is 0 Å². The Balaban J connectivity index is 2.29. The van der Waals surface area contributed by atoms with Crippen LogP contribution in [0, 0.1) is 13.8 Å². The topological polar surface area (TPSA) is 38.9 Å². The van der Waals surface area contributed by atoms with Crippen molar-refractivity contribution < 1.29 is 0 Å². The fourth-order valence-electron chi connectivity index (χ4n) is 2.12. The maximum atomic E-state index is 6.11. The van der Waals surface area contributed by atoms with E-state index in [1.54, 1.807) is 11.3 Å². The average molecular weight is 260 g/mol. The minimum Gasteiger partial charge on any atom is -0.322 e. The van der Waals surface area contributed by atoms with Crippen LogP contribution in [0.3, 0.4) is 0 Å². The molecule has 0 saturated heterocycles. The molecule has 1 aromatic heterocycles. The highest BCUT2D eigenvalue weighted by atomic mass is 32.1. The third-order valence-corrected chi connectivity index (χ3v) is 4.07. The average Bonchev–Trinajstić information content (AvgIpc) is 2.78. The largest absolute Gasteiger partial charge is 0.322 e. The van der Waals surface area contributed by atoms with Gasteiger partial charge in [-0.3, -0.25) is 0 Å². The molecule has 0 spiro atoms. The lowest BCUT2D eigenvalue weighted by molar-refractivity contribution is 0.635. The fourth-order valence-corrected chi connectivity index (χ4v) is 2.97. The van der Waals surface area contributed by atoms with Gasteiger partial charge in [0.25, 0.3) is 0 Å². The molecule has 1 heterocycles. The van der Waals surface area contributed by atoms with Crippen molar-refractivity contribution in [1.29, 1.82) is 0 Å². The van der Waals surface area contributed by atoms with E-state index in [4.69, 9.17) is 5.73 Å². The van der Waals surface area contributed by atoms with Crippen molar-refractivity contribution in [2.24, 2.45) is 5.73 Å². The van der Waals surface area contributed by atoms with E-state index in [2.05, 4.69) is 49.3 Å². The SMILES string of the molecule is CCCC(N)c1nc(-c2ccc(C)cc2C)cs1. The summed E-state index contributed by atoms with van der Waals surface area (Å²) in [6, 6.07) is 6.56. The maximum Gasteiger partial charge on any atom is 0.110 e. The Morgan fingerprint density at radius 2 is 2.11 bits per heavy atom. The highest BCUT2D eigenvalue weighted by Gasteiger charge is 2.12. The van der Waals surface area contributed by atoms with Crippen LogP contribution in [-0.4, -0.2) is 4.98 Å². The zero-order chi connectivity index (χ0) is 13.1. The summed E-state index contributed by atoms with van der Waals surface area (Å²) in [6.07, 6.45) is 2.10. The first-order valence-electron chi connectivity index (χ1n) is 6.40. The summed E-state index contributed by atoms with van der Waals surface area (Å²) >= 11 is 1.67. The summed E-state index contributed by atoms with van der Waals surface area (Å²) in [6.45, 7) is 6.40. The quantitative estimate of drug-likeness (QED) is 0.893. The summed E-state index contributed by atoms with van der Waals surface area (Å²) in [5.74, 6) is 0. The Morgan fingerprint density at radius 1 is 1.33 bits per heavy atom. The molecule has 18 heavy (non-hydrogen) atoms. The van der Waals surface area contributed by atoms with Gasteiger partial charge in [0, 0.05) is 10.9 Å². The monoisotopic (exact) mass is 260 g/mol. The van der Waals surface area contributed by atoms with Gasteiger partial charge in [-0.25, -0.2) is 4.98 Å². The summed E-state index contributed by atoms with van der Waals surface area (Å²) in [5, 5.41) is 3.16. The number of nitrogens with zero attached hydrogens (tertiary/aromatic N) is 1. The summed E-state index contributed by atoms with van der Waals surface area (Å²) in [5.41, 5.74) is 10.9. The van der Waals surface area contributed by atoms with E-state index >= 15 is 0 Å². The van der Waals surface area contributed by atoms with Crippen molar-refractivity contribution in [2.45, 2.75) is 39.7 Å². The van der Waals surface area contributed by atoms with Crippen LogP contribution in [0.2, 0.25) is 0 Å². The van der Waals surface area contributed by atoms with Crippen LogP contribution in [-0.2, 0) is 0 Å². The molecular formula is C15H20N2S. The molecule has 0 fully saturated rings. The van der Waals surface area contributed by atoms with E-state index in [-0.39, 0.29) is 6.04 Å². The van der Waals surface area contributed by atoms with Crippen LogP contribution in [0.25, 0.3) is 11.3 Å². The highest BCUT2D eigenvalue weighted by molar-refractivity contribution is 7.10. The molecule has 0 bridgehead atoms. The van der Waals surface area contributed by atoms with Crippen molar-refractivity contribution in [3.05, 3.63) is 39.7 Å². The Bertz CT molecular complexity index is 531. The molecule has 0 aliphatic carbocycles. The van der Waals surface area contributed by atoms with Crippen LogP contribution in [0.15, 0.2) is 23.6 Å². The third-order valence-electron chi connectivity index (χ3n) is 3.10. The Labute approximate surface area is 113 Å². The Kier molecular flexibility index (Phi) is 4.15. The lowest BCUT2D eigenvalue weighted by Gasteiger charge is -2.06. The molecule has 2 aromatic rings. The Morgan fingerprint density at radius 3 is 2.78 bits per heavy atom. The van der Waals surface area contributed by atoms with E-state index in [0.717, 1.165) is 23.5 Å². The second-order valence-corrected chi connectivity index (χ2v) is 5.67. The summed E-state index contributed by atoms with van der Waals surface area (Å²) < 4.78 is 0. The van der Waals surface area contributed by atoms with Gasteiger partial charge < -0.3 is 5.73 Å². The van der Waals surface area contributed by atoms with Gasteiger partial charge in [-0.05, 0) is 25.8 Å². The molecule has 0 amide bonds. The van der Waals surface area contributed by atoms with Gasteiger partial charge in [0.05, 0.1) is 11.7 Å². The highest BCUT2D eigenvalue weighted by Crippen LogP contribution is 2.28. The standard InChI is InChI=1S/C15H20N2S/c1-4-5-13(16)15-17-14(9-18-15)12-7-6-10(2)8-11(12)3/h6-9,13H,4-5,16H2,1-3H3. The fraction of sp³-hybridized carbons (Fsp3) is 0.400. The van der Waals surface area contributed by atoms with E-state index in [0.29, 0.717) is 0 Å². The van der Waals surface area contributed by atoms with Gasteiger partial charge in [-0.1, -0.05) is 37.1 Å². The second-order valence-electron chi connectivity index (χ2n) is 4.78. The summed E-state index contributed by atoms with van der Waals surface area (Å²) in [4.78, 5) is 4.68. The van der Waals surface area contributed by atoms with E-state index in [1.807, 2.05) is 0 Å². The van der Waals surface area contributed by atoms with Crippen LogP contribution >= 0.6 is 11.3 Å². The van der Waals surface area contributed by atoms with Crippen LogP contribution in [0.5, 0.6) is 0 Å². The van der Waals surface area contributed by atoms with Gasteiger partial charge in [0.1, 0.15) is 5.01 Å². The first-order valence-corrected chi connectivity index (χ1v) is 7.28. The van der Waals surface area contributed by atoms with Crippen molar-refractivity contribution in [1.82, 2.24) is 4.98 Å². The second kappa shape index (κ2) is 5.63. The lowest BCUT2D eigenvalue weighted by atomic mass is 10.0. The molecule has 1 aromatic carbocycles. The predicted octanol–water partition coefficient (Wildman–Crippen LogP) is 4.23. The number of hydrogen-bond donors (Lipinski definition) is 1. The number of aromatic nitrogens is 1. The smallest absolute Gasteiger partial charge is 0.110 e. The van der Waals surface area contributed by atoms with Crippen LogP contribution in [0.4, 0.5) is 0 Å². The molecule has 0 aliphatic rings. The molecule has 0 aliphatic heterocycles. The molecule has 0 radical (unpaired) electrons. The van der Waals surface area contributed by atoms with Gasteiger partial charge in [0.2, 0.25) is 0 Å². The van der Waals surface area contributed by atoms with E-state index in [1.165, 1.54) is 16.7 Å². The lowest BCUT2D eigenvalue weighted by Crippen LogP contribution is -2.09. The van der Waals surface area contributed by atoms with Crippen LogP contribution in [0.1, 0.15) is 41.9 Å².